The molecule has 0 bridgehead atoms. The van der Waals surface area contributed by atoms with E-state index >= 15 is 0 Å². The van der Waals surface area contributed by atoms with Crippen molar-refractivity contribution in [2.45, 2.75) is 41.2 Å². The van der Waals surface area contributed by atoms with Gasteiger partial charge in [0, 0.05) is 18.4 Å². The minimum absolute atomic E-state index is 0. The molecule has 0 atom stereocenters. The number of nitrogens with one attached hydrogen (secondary N) is 1. The van der Waals surface area contributed by atoms with E-state index in [0.29, 0.717) is 6.54 Å². The predicted octanol–water partition coefficient (Wildman–Crippen LogP) is 5.05. The molecule has 3 aromatic rings. The van der Waals surface area contributed by atoms with Crippen LogP contribution in [0.25, 0.3) is 5.65 Å². The van der Waals surface area contributed by atoms with E-state index in [9.17, 15) is 4.39 Å². The Morgan fingerprint density at radius 2 is 1.67 bits per heavy atom. The Balaban J connectivity index is 0.00000208. The van der Waals surface area contributed by atoms with Gasteiger partial charge in [0.2, 0.25) is 0 Å². The van der Waals surface area contributed by atoms with E-state index in [4.69, 9.17) is 0 Å². The monoisotopic (exact) mass is 347 g/mol. The van der Waals surface area contributed by atoms with Crippen LogP contribution < -0.4 is 5.32 Å². The van der Waals surface area contributed by atoms with Crippen LogP contribution in [0.3, 0.4) is 0 Å². The lowest BCUT2D eigenvalue weighted by Crippen LogP contribution is -2.06. The van der Waals surface area contributed by atoms with Crippen LogP contribution in [0.5, 0.6) is 0 Å². The van der Waals surface area contributed by atoms with Gasteiger partial charge in [-0.3, -0.25) is 0 Å². The van der Waals surface area contributed by atoms with Crippen molar-refractivity contribution in [3.05, 3.63) is 63.9 Å². The average molecular weight is 348 g/mol. The van der Waals surface area contributed by atoms with Gasteiger partial charge in [-0.25, -0.2) is 9.37 Å². The quantitative estimate of drug-likeness (QED) is 0.718. The van der Waals surface area contributed by atoms with Gasteiger partial charge in [0.25, 0.3) is 0 Å². The normalized spacial score (nSPS) is 10.8. The van der Waals surface area contributed by atoms with Gasteiger partial charge in [0.15, 0.2) is 5.65 Å². The molecule has 24 heavy (non-hydrogen) atoms. The average Bonchev–Trinajstić information content (AvgIpc) is 2.74. The van der Waals surface area contributed by atoms with Gasteiger partial charge >= 0.3 is 0 Å². The largest absolute Gasteiger partial charge is 0.378 e. The zero-order valence-corrected chi connectivity index (χ0v) is 15.5. The highest BCUT2D eigenvalue weighted by atomic mass is 35.5. The van der Waals surface area contributed by atoms with Crippen LogP contribution in [0.1, 0.15) is 33.6 Å². The van der Waals surface area contributed by atoms with Crippen LogP contribution in [0, 0.1) is 40.4 Å². The number of hydrogen-bond donors (Lipinski definition) is 1. The van der Waals surface area contributed by atoms with E-state index in [-0.39, 0.29) is 18.2 Å². The second kappa shape index (κ2) is 6.81. The van der Waals surface area contributed by atoms with Crippen molar-refractivity contribution in [3.63, 3.8) is 0 Å². The lowest BCUT2D eigenvalue weighted by molar-refractivity contribution is 0.624. The van der Waals surface area contributed by atoms with Crippen molar-refractivity contribution in [2.75, 3.05) is 5.32 Å². The summed E-state index contributed by atoms with van der Waals surface area (Å²) in [5.41, 5.74) is 8.36. The van der Waals surface area contributed by atoms with Gasteiger partial charge in [-0.05, 0) is 75.1 Å². The molecule has 2 aromatic heterocycles. The van der Waals surface area contributed by atoms with Gasteiger partial charge in [-0.1, -0.05) is 0 Å². The molecule has 3 nitrogen and oxygen atoms in total. The molecule has 0 saturated carbocycles. The maximum Gasteiger partial charge on any atom is 0.160 e. The summed E-state index contributed by atoms with van der Waals surface area (Å²) in [6, 6.07) is 5.27. The first kappa shape index (κ1) is 18.3. The zero-order valence-electron chi connectivity index (χ0n) is 14.7. The summed E-state index contributed by atoms with van der Waals surface area (Å²) in [5.74, 6) is -0.179. The van der Waals surface area contributed by atoms with Crippen LogP contribution in [0.2, 0.25) is 0 Å². The van der Waals surface area contributed by atoms with E-state index in [2.05, 4.69) is 40.8 Å². The van der Waals surface area contributed by atoms with Crippen LogP contribution in [-0.4, -0.2) is 9.38 Å². The number of hydrogen-bond acceptors (Lipinski definition) is 2. The first-order chi connectivity index (χ1) is 10.9. The lowest BCUT2D eigenvalue weighted by Gasteiger charge is -2.14. The van der Waals surface area contributed by atoms with E-state index < -0.39 is 0 Å². The Labute approximate surface area is 148 Å². The zero-order chi connectivity index (χ0) is 16.7. The van der Waals surface area contributed by atoms with Crippen LogP contribution in [-0.2, 0) is 6.54 Å². The van der Waals surface area contributed by atoms with Crippen molar-refractivity contribution in [1.82, 2.24) is 9.38 Å². The smallest absolute Gasteiger partial charge is 0.160 e. The number of benzene rings is 1. The number of aryl methyl sites for hydroxylation is 5. The SMILES string of the molecule is Cc1cc(NCc2c(C)cc(F)cc2C)c2nc(C)c(C)n2c1.Cl. The molecule has 5 heteroatoms. The molecule has 128 valence electrons. The third-order valence-electron chi connectivity index (χ3n) is 4.45. The number of rotatable bonds is 3. The van der Waals surface area contributed by atoms with Crippen molar-refractivity contribution in [2.24, 2.45) is 0 Å². The number of pyridine rings is 1. The number of nitrogens with zero attached hydrogens (tertiary/aromatic N) is 2. The molecule has 0 aliphatic heterocycles. The molecule has 0 unspecified atom stereocenters. The summed E-state index contributed by atoms with van der Waals surface area (Å²) < 4.78 is 15.6. The molecule has 1 aromatic carbocycles. The summed E-state index contributed by atoms with van der Waals surface area (Å²) in [5, 5.41) is 3.48. The Morgan fingerprint density at radius 1 is 1.04 bits per heavy atom. The summed E-state index contributed by atoms with van der Waals surface area (Å²) in [6.45, 7) is 10.7. The minimum Gasteiger partial charge on any atom is -0.378 e. The van der Waals surface area contributed by atoms with E-state index in [1.807, 2.05) is 20.8 Å². The molecule has 0 spiro atoms. The molecule has 2 heterocycles. The third-order valence-corrected chi connectivity index (χ3v) is 4.45. The summed E-state index contributed by atoms with van der Waals surface area (Å²) in [4.78, 5) is 4.67. The number of halogens is 2. The molecule has 0 aliphatic carbocycles. The highest BCUT2D eigenvalue weighted by molar-refractivity contribution is 5.85. The second-order valence-electron chi connectivity index (χ2n) is 6.28. The van der Waals surface area contributed by atoms with Gasteiger partial charge < -0.3 is 9.72 Å². The molecule has 0 fully saturated rings. The maximum atomic E-state index is 13.4. The highest BCUT2D eigenvalue weighted by Crippen LogP contribution is 2.23. The molecule has 0 aliphatic rings. The van der Waals surface area contributed by atoms with Crippen molar-refractivity contribution in [1.29, 1.82) is 0 Å². The van der Waals surface area contributed by atoms with Crippen LogP contribution in [0.4, 0.5) is 10.1 Å². The molecule has 0 saturated heterocycles. The topological polar surface area (TPSA) is 29.3 Å². The third kappa shape index (κ3) is 3.24. The van der Waals surface area contributed by atoms with Gasteiger partial charge in [-0.15, -0.1) is 12.4 Å². The molecule has 3 rings (SSSR count). The number of aromatic nitrogens is 2. The Morgan fingerprint density at radius 3 is 2.29 bits per heavy atom. The predicted molar refractivity (Wildman–Crippen MR) is 99.9 cm³/mol. The Bertz CT molecular complexity index is 876. The maximum absolute atomic E-state index is 13.4. The molecule has 1 N–H and O–H groups in total. The minimum atomic E-state index is -0.179. The number of fused-ring (bicyclic) bond motifs is 1. The van der Waals surface area contributed by atoms with E-state index in [0.717, 1.165) is 39.4 Å². The van der Waals surface area contributed by atoms with Gasteiger partial charge in [0.1, 0.15) is 5.82 Å². The van der Waals surface area contributed by atoms with E-state index in [1.165, 1.54) is 5.56 Å². The summed E-state index contributed by atoms with van der Waals surface area (Å²) >= 11 is 0. The van der Waals surface area contributed by atoms with Crippen LogP contribution >= 0.6 is 12.4 Å². The van der Waals surface area contributed by atoms with Crippen molar-refractivity contribution >= 4 is 23.7 Å². The standard InChI is InChI=1S/C19H22FN3.ClH/c1-11-6-18(19-22-14(4)15(5)23(19)10-11)21-9-17-12(2)7-16(20)8-13(17)3;/h6-8,10,21H,9H2,1-5H3;1H. The van der Waals surface area contributed by atoms with Gasteiger partial charge in [0.05, 0.1) is 11.4 Å². The summed E-state index contributed by atoms with van der Waals surface area (Å²) in [7, 11) is 0. The van der Waals surface area contributed by atoms with Crippen molar-refractivity contribution < 1.29 is 4.39 Å². The fourth-order valence-corrected chi connectivity index (χ4v) is 3.04. The fourth-order valence-electron chi connectivity index (χ4n) is 3.04. The number of anilines is 1. The molecule has 0 radical (unpaired) electrons. The lowest BCUT2D eigenvalue weighted by atomic mass is 10.0. The molecular weight excluding hydrogens is 325 g/mol. The fraction of sp³-hybridized carbons (Fsp3) is 0.316. The Hall–Kier alpha value is -2.07. The first-order valence-electron chi connectivity index (χ1n) is 7.82. The first-order valence-corrected chi connectivity index (χ1v) is 7.82. The summed E-state index contributed by atoms with van der Waals surface area (Å²) in [6.07, 6.45) is 2.10. The highest BCUT2D eigenvalue weighted by Gasteiger charge is 2.11. The number of imidazole rings is 1. The molecule has 0 amide bonds. The second-order valence-corrected chi connectivity index (χ2v) is 6.28. The van der Waals surface area contributed by atoms with Gasteiger partial charge in [-0.2, -0.15) is 0 Å². The van der Waals surface area contributed by atoms with E-state index in [1.54, 1.807) is 12.1 Å². The van der Waals surface area contributed by atoms with Crippen LogP contribution in [0.15, 0.2) is 24.4 Å². The van der Waals surface area contributed by atoms with Crippen molar-refractivity contribution in [3.8, 4) is 0 Å². The molecular formula is C19H23ClFN3. The Kier molecular flexibility index (Phi) is 5.19.